The highest BCUT2D eigenvalue weighted by Crippen LogP contribution is 2.30. The summed E-state index contributed by atoms with van der Waals surface area (Å²) in [6, 6.07) is 17.9. The largest absolute Gasteiger partial charge is 0.496 e. The molecule has 0 bridgehead atoms. The van der Waals surface area contributed by atoms with Gasteiger partial charge in [-0.1, -0.05) is 35.0 Å². The third-order valence-electron chi connectivity index (χ3n) is 5.33. The van der Waals surface area contributed by atoms with Gasteiger partial charge in [-0.05, 0) is 72.8 Å². The van der Waals surface area contributed by atoms with Gasteiger partial charge in [0.05, 0.1) is 17.8 Å². The van der Waals surface area contributed by atoms with E-state index in [0.717, 1.165) is 33.8 Å². The fraction of sp³-hybridized carbons (Fsp3) is 0.103. The zero-order valence-corrected chi connectivity index (χ0v) is 21.5. The van der Waals surface area contributed by atoms with Gasteiger partial charge >= 0.3 is 5.97 Å². The molecule has 0 unspecified atom stereocenters. The molecular weight excluding hydrogens is 511 g/mol. The lowest BCUT2D eigenvalue weighted by atomic mass is 10.1. The van der Waals surface area contributed by atoms with Gasteiger partial charge < -0.3 is 19.1 Å². The first-order valence-electron chi connectivity index (χ1n) is 11.1. The van der Waals surface area contributed by atoms with E-state index in [4.69, 9.17) is 42.8 Å². The summed E-state index contributed by atoms with van der Waals surface area (Å²) in [5.41, 5.74) is 3.98. The molecule has 0 atom stereocenters. The number of rotatable bonds is 7. The first-order chi connectivity index (χ1) is 17.8. The minimum atomic E-state index is -1.03. The number of carboxylic acids is 1. The number of aryl methyl sites for hydroxylation is 1. The van der Waals surface area contributed by atoms with Crippen LogP contribution in [0.4, 0.5) is 0 Å². The predicted molar refractivity (Wildman–Crippen MR) is 146 cm³/mol. The summed E-state index contributed by atoms with van der Waals surface area (Å²) in [4.78, 5) is 15.3. The molecule has 4 rings (SSSR count). The van der Waals surface area contributed by atoms with Crippen LogP contribution in [-0.4, -0.2) is 34.3 Å². The van der Waals surface area contributed by atoms with E-state index in [-0.39, 0.29) is 6.61 Å². The Labute approximate surface area is 224 Å². The van der Waals surface area contributed by atoms with E-state index in [2.05, 4.69) is 11.8 Å². The van der Waals surface area contributed by atoms with E-state index in [0.29, 0.717) is 21.5 Å². The number of aliphatic carboxylic acids is 1. The summed E-state index contributed by atoms with van der Waals surface area (Å²) >= 11 is 12.4. The molecule has 0 aliphatic rings. The number of ether oxygens (including phenoxy) is 2. The number of methoxy groups -OCH3 is 1. The van der Waals surface area contributed by atoms with Crippen LogP contribution in [0, 0.1) is 11.8 Å². The third kappa shape index (κ3) is 6.73. The maximum atomic E-state index is 10.6. The van der Waals surface area contributed by atoms with Crippen LogP contribution >= 0.6 is 23.2 Å². The molecular formula is C29H22Cl2N2O4. The molecule has 0 saturated carbocycles. The number of carboxylic acid groups (broad SMARTS) is 1. The molecule has 0 aliphatic heterocycles. The molecule has 37 heavy (non-hydrogen) atoms. The maximum absolute atomic E-state index is 10.6. The van der Waals surface area contributed by atoms with Crippen LogP contribution in [0.5, 0.6) is 11.5 Å². The first kappa shape index (κ1) is 25.9. The number of nitrogens with zero attached hydrogens (tertiary/aromatic N) is 2. The minimum absolute atomic E-state index is 0.387. The highest BCUT2D eigenvalue weighted by molar-refractivity contribution is 6.36. The first-order valence-corrected chi connectivity index (χ1v) is 11.9. The van der Waals surface area contributed by atoms with Crippen molar-refractivity contribution in [3.63, 3.8) is 0 Å². The highest BCUT2D eigenvalue weighted by atomic mass is 35.5. The van der Waals surface area contributed by atoms with Crippen LogP contribution in [0.3, 0.4) is 0 Å². The van der Waals surface area contributed by atoms with Crippen LogP contribution < -0.4 is 9.47 Å². The summed E-state index contributed by atoms with van der Waals surface area (Å²) in [5, 5.41) is 9.82. The summed E-state index contributed by atoms with van der Waals surface area (Å²) in [7, 11) is 3.53. The highest BCUT2D eigenvalue weighted by Gasteiger charge is 2.10. The molecule has 0 fully saturated rings. The molecule has 0 saturated heterocycles. The molecule has 0 spiro atoms. The van der Waals surface area contributed by atoms with Crippen molar-refractivity contribution in [1.82, 2.24) is 9.55 Å². The second-order valence-corrected chi connectivity index (χ2v) is 8.81. The third-order valence-corrected chi connectivity index (χ3v) is 5.88. The van der Waals surface area contributed by atoms with Crippen molar-refractivity contribution >= 4 is 41.3 Å². The Hall–Kier alpha value is -4.18. The Bertz CT molecular complexity index is 1530. The quantitative estimate of drug-likeness (QED) is 0.277. The lowest BCUT2D eigenvalue weighted by molar-refractivity contribution is -0.139. The van der Waals surface area contributed by atoms with Crippen LogP contribution in [0.15, 0.2) is 66.9 Å². The second-order valence-electron chi connectivity index (χ2n) is 7.97. The monoisotopic (exact) mass is 532 g/mol. The van der Waals surface area contributed by atoms with Crippen molar-refractivity contribution < 1.29 is 19.4 Å². The maximum Gasteiger partial charge on any atom is 0.341 e. The Kier molecular flexibility index (Phi) is 8.19. The Morgan fingerprint density at radius 1 is 1.03 bits per heavy atom. The van der Waals surface area contributed by atoms with Gasteiger partial charge in [-0.25, -0.2) is 9.78 Å². The molecule has 186 valence electrons. The number of halogens is 2. The van der Waals surface area contributed by atoms with Crippen LogP contribution in [0.1, 0.15) is 22.5 Å². The van der Waals surface area contributed by atoms with Gasteiger partial charge in [-0.3, -0.25) is 0 Å². The standard InChI is InChI=1S/C29H22Cl2N2O4/c1-33-17-26(24-12-9-22(30)16-25(24)31)32-28(33)14-8-21-15-20(7-13-27(21)36-2)4-3-19-5-10-23(11-6-19)37-18-29(34)35/h5-17H,18H2,1-2H3,(H,34,35)/b14-8+. The second kappa shape index (κ2) is 11.7. The zero-order valence-electron chi connectivity index (χ0n) is 20.0. The van der Waals surface area contributed by atoms with Crippen molar-refractivity contribution in [2.75, 3.05) is 13.7 Å². The van der Waals surface area contributed by atoms with Gasteiger partial charge in [0, 0.05) is 40.5 Å². The molecule has 0 aliphatic carbocycles. The normalized spacial score (nSPS) is 10.7. The molecule has 1 heterocycles. The Balaban J connectivity index is 1.54. The lowest BCUT2D eigenvalue weighted by Crippen LogP contribution is -2.09. The van der Waals surface area contributed by atoms with Gasteiger partial charge in [0.1, 0.15) is 17.3 Å². The van der Waals surface area contributed by atoms with Crippen molar-refractivity contribution in [2.45, 2.75) is 0 Å². The molecule has 1 N–H and O–H groups in total. The minimum Gasteiger partial charge on any atom is -0.496 e. The molecule has 4 aromatic rings. The van der Waals surface area contributed by atoms with Crippen molar-refractivity contribution in [3.05, 3.63) is 99.4 Å². The van der Waals surface area contributed by atoms with E-state index >= 15 is 0 Å². The molecule has 3 aromatic carbocycles. The summed E-state index contributed by atoms with van der Waals surface area (Å²) in [6.45, 7) is -0.387. The van der Waals surface area contributed by atoms with E-state index in [1.165, 1.54) is 0 Å². The zero-order chi connectivity index (χ0) is 26.4. The van der Waals surface area contributed by atoms with Crippen LogP contribution in [0.25, 0.3) is 23.4 Å². The van der Waals surface area contributed by atoms with E-state index in [9.17, 15) is 4.79 Å². The number of aromatic nitrogens is 2. The average Bonchev–Trinajstić information content (AvgIpc) is 3.25. The smallest absolute Gasteiger partial charge is 0.341 e. The van der Waals surface area contributed by atoms with Gasteiger partial charge in [0.25, 0.3) is 0 Å². The van der Waals surface area contributed by atoms with Gasteiger partial charge in [0.15, 0.2) is 6.61 Å². The molecule has 0 amide bonds. The molecule has 1 aromatic heterocycles. The van der Waals surface area contributed by atoms with Crippen LogP contribution in [0.2, 0.25) is 10.0 Å². The summed E-state index contributed by atoms with van der Waals surface area (Å²) in [5.74, 6) is 7.15. The number of hydrogen-bond acceptors (Lipinski definition) is 4. The van der Waals surface area contributed by atoms with Crippen molar-refractivity contribution in [1.29, 1.82) is 0 Å². The summed E-state index contributed by atoms with van der Waals surface area (Å²) in [6.07, 6.45) is 5.73. The van der Waals surface area contributed by atoms with E-state index in [1.54, 1.807) is 43.5 Å². The lowest BCUT2D eigenvalue weighted by Gasteiger charge is -2.05. The van der Waals surface area contributed by atoms with E-state index in [1.807, 2.05) is 54.2 Å². The predicted octanol–water partition coefficient (Wildman–Crippen LogP) is 6.44. The molecule has 0 radical (unpaired) electrons. The number of benzene rings is 3. The SMILES string of the molecule is COc1ccc(C#Cc2ccc(OCC(=O)O)cc2)cc1/C=C/c1nc(-c2ccc(Cl)cc2Cl)cn1C. The van der Waals surface area contributed by atoms with Crippen molar-refractivity contribution in [3.8, 4) is 34.6 Å². The number of carbonyl (C=O) groups is 1. The van der Waals surface area contributed by atoms with Gasteiger partial charge in [-0.15, -0.1) is 0 Å². The Morgan fingerprint density at radius 3 is 2.46 bits per heavy atom. The average molecular weight is 533 g/mol. The van der Waals surface area contributed by atoms with Crippen LogP contribution in [-0.2, 0) is 11.8 Å². The number of imidazole rings is 1. The fourth-order valence-electron chi connectivity index (χ4n) is 3.49. The fourth-order valence-corrected chi connectivity index (χ4v) is 4.00. The van der Waals surface area contributed by atoms with Crippen molar-refractivity contribution in [2.24, 2.45) is 7.05 Å². The van der Waals surface area contributed by atoms with Gasteiger partial charge in [-0.2, -0.15) is 0 Å². The van der Waals surface area contributed by atoms with Gasteiger partial charge in [0.2, 0.25) is 0 Å². The molecule has 6 nitrogen and oxygen atoms in total. The summed E-state index contributed by atoms with van der Waals surface area (Å²) < 4.78 is 12.6. The topological polar surface area (TPSA) is 73.6 Å². The molecule has 8 heteroatoms. The number of hydrogen-bond donors (Lipinski definition) is 1. The Morgan fingerprint density at radius 2 is 1.76 bits per heavy atom. The van der Waals surface area contributed by atoms with E-state index < -0.39 is 5.97 Å².